The molecule has 0 bridgehead atoms. The van der Waals surface area contributed by atoms with E-state index in [9.17, 15) is 9.59 Å². The van der Waals surface area contributed by atoms with E-state index in [2.05, 4.69) is 6.07 Å². The van der Waals surface area contributed by atoms with Crippen LogP contribution in [0.4, 0.5) is 0 Å². The van der Waals surface area contributed by atoms with Gasteiger partial charge in [0, 0.05) is 36.6 Å². The van der Waals surface area contributed by atoms with E-state index in [1.54, 1.807) is 15.3 Å². The van der Waals surface area contributed by atoms with Crippen molar-refractivity contribution in [2.24, 2.45) is 0 Å². The summed E-state index contributed by atoms with van der Waals surface area (Å²) in [6, 6.07) is 25.4. The van der Waals surface area contributed by atoms with Crippen LogP contribution in [-0.4, -0.2) is 37.1 Å². The van der Waals surface area contributed by atoms with Crippen LogP contribution < -0.4 is 11.1 Å². The normalized spacial score (nSPS) is 14.3. The van der Waals surface area contributed by atoms with E-state index in [0.717, 1.165) is 53.2 Å². The number of fused-ring (bicyclic) bond motifs is 2. The lowest BCUT2D eigenvalue weighted by molar-refractivity contribution is 0.0844. The molecule has 9 heteroatoms. The highest BCUT2D eigenvalue weighted by Gasteiger charge is 2.23. The third kappa shape index (κ3) is 4.71. The second-order valence-corrected chi connectivity index (χ2v) is 11.5. The van der Waals surface area contributed by atoms with Crippen LogP contribution in [0.2, 0.25) is 0 Å². The molecular weight excluding hydrogens is 534 g/mol. The summed E-state index contributed by atoms with van der Waals surface area (Å²) in [4.78, 5) is 37.5. The monoisotopic (exact) mass is 563 g/mol. The lowest BCUT2D eigenvalue weighted by Gasteiger charge is -2.22. The number of hydrogen-bond acceptors (Lipinski definition) is 6. The maximum Gasteiger partial charge on any atom is 0.283 e. The third-order valence-corrected chi connectivity index (χ3v) is 8.91. The number of aromatic nitrogens is 5. The van der Waals surface area contributed by atoms with Gasteiger partial charge >= 0.3 is 0 Å². The van der Waals surface area contributed by atoms with Crippen molar-refractivity contribution < 1.29 is 4.74 Å². The van der Waals surface area contributed by atoms with Crippen LogP contribution in [0.15, 0.2) is 88.5 Å². The van der Waals surface area contributed by atoms with Crippen LogP contribution in [0, 0.1) is 6.92 Å². The minimum atomic E-state index is -0.190. The van der Waals surface area contributed by atoms with Crippen molar-refractivity contribution in [3.05, 3.63) is 122 Å². The molecule has 0 saturated carbocycles. The van der Waals surface area contributed by atoms with Crippen LogP contribution in [0.25, 0.3) is 26.3 Å². The quantitative estimate of drug-likeness (QED) is 0.276. The van der Waals surface area contributed by atoms with Crippen molar-refractivity contribution in [2.45, 2.75) is 38.8 Å². The molecule has 0 unspecified atom stereocenters. The highest BCUT2D eigenvalue weighted by Crippen LogP contribution is 2.27. The van der Waals surface area contributed by atoms with Crippen LogP contribution in [0.1, 0.15) is 41.4 Å². The minimum absolute atomic E-state index is 0.170. The van der Waals surface area contributed by atoms with E-state index in [0.29, 0.717) is 40.7 Å². The molecule has 5 heterocycles. The molecule has 0 amide bonds. The van der Waals surface area contributed by atoms with E-state index in [4.69, 9.17) is 14.7 Å². The second kappa shape index (κ2) is 10.6. The lowest BCUT2D eigenvalue weighted by Crippen LogP contribution is -2.24. The van der Waals surface area contributed by atoms with Gasteiger partial charge in [-0.05, 0) is 49.6 Å². The maximum atomic E-state index is 14.2. The fraction of sp³-hybridized carbons (Fsp3) is 0.250. The second-order valence-electron chi connectivity index (χ2n) is 10.5. The molecule has 1 saturated heterocycles. The number of nitrogens with zero attached hydrogens (tertiary/aromatic N) is 5. The zero-order chi connectivity index (χ0) is 27.9. The van der Waals surface area contributed by atoms with Gasteiger partial charge in [-0.1, -0.05) is 59.9 Å². The number of thiazole rings is 1. The van der Waals surface area contributed by atoms with Crippen LogP contribution in [0.5, 0.6) is 0 Å². The topological polar surface area (TPSA) is 83.9 Å². The number of ether oxygens (including phenoxy) is 1. The molecule has 6 aromatic rings. The first kappa shape index (κ1) is 25.6. The first-order valence-electron chi connectivity index (χ1n) is 13.9. The van der Waals surface area contributed by atoms with Crippen molar-refractivity contribution in [3.8, 4) is 5.13 Å². The van der Waals surface area contributed by atoms with Gasteiger partial charge in [0.15, 0.2) is 0 Å². The number of benzene rings is 2. The molecule has 2 aromatic carbocycles. The molecule has 1 fully saturated rings. The summed E-state index contributed by atoms with van der Waals surface area (Å²) in [5.41, 5.74) is 4.55. The molecule has 4 aromatic heterocycles. The number of rotatable bonds is 6. The largest absolute Gasteiger partial charge is 0.381 e. The van der Waals surface area contributed by atoms with Gasteiger partial charge in [0.05, 0.1) is 39.9 Å². The van der Waals surface area contributed by atoms with Crippen LogP contribution in [-0.2, 0) is 17.8 Å². The van der Waals surface area contributed by atoms with Gasteiger partial charge < -0.3 is 9.30 Å². The zero-order valence-corrected chi connectivity index (χ0v) is 23.5. The highest BCUT2D eigenvalue weighted by molar-refractivity contribution is 7.20. The summed E-state index contributed by atoms with van der Waals surface area (Å²) in [6.45, 7) is 4.05. The van der Waals surface area contributed by atoms with Gasteiger partial charge in [0.25, 0.3) is 11.1 Å². The molecule has 206 valence electrons. The van der Waals surface area contributed by atoms with E-state index in [-0.39, 0.29) is 11.1 Å². The van der Waals surface area contributed by atoms with Gasteiger partial charge in [-0.2, -0.15) is 4.68 Å². The molecule has 1 aliphatic rings. The molecule has 7 rings (SSSR count). The Balaban J connectivity index is 1.37. The standard InChI is InChI=1S/C32H29N5O3S/c1-21-30-27(18-29(38)35(21)20-24-10-7-12-25(33-24)23-14-16-40-17-15-23)36(19-22-8-3-2-4-9-22)37(31(30)39)32-34-26-11-5-6-13-28(26)41-32/h2-13,18,23H,14-17,19-20H2,1H3. The average Bonchev–Trinajstić information content (AvgIpc) is 3.54. The Morgan fingerprint density at radius 3 is 2.49 bits per heavy atom. The predicted octanol–water partition coefficient (Wildman–Crippen LogP) is 5.26. The minimum Gasteiger partial charge on any atom is -0.381 e. The SMILES string of the molecule is Cc1c2c(=O)n(-c3nc4ccccc4s3)n(Cc3ccccc3)c2cc(=O)n1Cc1cccc(C2CCOCC2)n1. The smallest absolute Gasteiger partial charge is 0.283 e. The molecule has 0 spiro atoms. The molecule has 8 nitrogen and oxygen atoms in total. The molecule has 0 atom stereocenters. The summed E-state index contributed by atoms with van der Waals surface area (Å²) in [6.07, 6.45) is 1.89. The summed E-state index contributed by atoms with van der Waals surface area (Å²) < 4.78 is 11.7. The molecule has 0 N–H and O–H groups in total. The fourth-order valence-electron chi connectivity index (χ4n) is 5.76. The summed E-state index contributed by atoms with van der Waals surface area (Å²) >= 11 is 1.46. The number of para-hydroxylation sites is 1. The zero-order valence-electron chi connectivity index (χ0n) is 22.7. The van der Waals surface area contributed by atoms with Crippen molar-refractivity contribution in [1.29, 1.82) is 0 Å². The van der Waals surface area contributed by atoms with Crippen molar-refractivity contribution in [1.82, 2.24) is 23.9 Å². The van der Waals surface area contributed by atoms with Crippen LogP contribution >= 0.6 is 11.3 Å². The third-order valence-electron chi connectivity index (χ3n) is 7.90. The Hall–Kier alpha value is -4.34. The molecule has 0 radical (unpaired) electrons. The Labute approximate surface area is 240 Å². The van der Waals surface area contributed by atoms with E-state index >= 15 is 0 Å². The Morgan fingerprint density at radius 2 is 1.68 bits per heavy atom. The Bertz CT molecular complexity index is 1960. The molecule has 0 aliphatic carbocycles. The molecular formula is C32H29N5O3S. The Kier molecular flexibility index (Phi) is 6.60. The number of aryl methyl sites for hydroxylation is 1. The van der Waals surface area contributed by atoms with Gasteiger partial charge in [0.1, 0.15) is 0 Å². The Morgan fingerprint density at radius 1 is 0.902 bits per heavy atom. The lowest BCUT2D eigenvalue weighted by atomic mass is 9.96. The van der Waals surface area contributed by atoms with E-state index in [1.165, 1.54) is 11.3 Å². The van der Waals surface area contributed by atoms with Crippen molar-refractivity contribution in [2.75, 3.05) is 13.2 Å². The summed E-state index contributed by atoms with van der Waals surface area (Å²) in [7, 11) is 0. The summed E-state index contributed by atoms with van der Waals surface area (Å²) in [5.74, 6) is 0.358. The summed E-state index contributed by atoms with van der Waals surface area (Å²) in [5, 5.41) is 1.09. The van der Waals surface area contributed by atoms with Gasteiger partial charge in [0.2, 0.25) is 5.13 Å². The van der Waals surface area contributed by atoms with Gasteiger partial charge in [-0.3, -0.25) is 19.3 Å². The first-order chi connectivity index (χ1) is 20.1. The fourth-order valence-corrected chi connectivity index (χ4v) is 6.74. The van der Waals surface area contributed by atoms with E-state index < -0.39 is 0 Å². The van der Waals surface area contributed by atoms with Crippen LogP contribution in [0.3, 0.4) is 0 Å². The predicted molar refractivity (Wildman–Crippen MR) is 161 cm³/mol. The molecule has 41 heavy (non-hydrogen) atoms. The first-order valence-corrected chi connectivity index (χ1v) is 14.7. The average molecular weight is 564 g/mol. The van der Waals surface area contributed by atoms with Crippen molar-refractivity contribution in [3.63, 3.8) is 0 Å². The highest BCUT2D eigenvalue weighted by atomic mass is 32.1. The molecule has 1 aliphatic heterocycles. The van der Waals surface area contributed by atoms with Crippen molar-refractivity contribution >= 4 is 32.5 Å². The number of hydrogen-bond donors (Lipinski definition) is 0. The number of pyridine rings is 2. The van der Waals surface area contributed by atoms with E-state index in [1.807, 2.05) is 78.3 Å². The van der Waals surface area contributed by atoms with Gasteiger partial charge in [-0.15, -0.1) is 0 Å². The van der Waals surface area contributed by atoms with Gasteiger partial charge in [-0.25, -0.2) is 4.98 Å². The maximum absolute atomic E-state index is 14.2.